The molecular formula is C31H41F2N7O2S. The van der Waals surface area contributed by atoms with E-state index in [4.69, 9.17) is 10.6 Å². The summed E-state index contributed by atoms with van der Waals surface area (Å²) in [6.07, 6.45) is 3.94. The predicted octanol–water partition coefficient (Wildman–Crippen LogP) is 2.53. The average molecular weight is 614 g/mol. The number of pyridine rings is 1. The number of aromatic nitrogens is 1. The molecule has 4 rings (SSSR count). The van der Waals surface area contributed by atoms with Gasteiger partial charge in [-0.2, -0.15) is 0 Å². The zero-order valence-corrected chi connectivity index (χ0v) is 26.2. The van der Waals surface area contributed by atoms with Crippen LogP contribution >= 0.6 is 11.8 Å². The molecule has 1 aliphatic carbocycles. The van der Waals surface area contributed by atoms with Crippen molar-refractivity contribution < 1.29 is 18.3 Å². The van der Waals surface area contributed by atoms with Crippen molar-refractivity contribution in [3.8, 4) is 23.7 Å². The first-order valence-electron chi connectivity index (χ1n) is 14.3. The van der Waals surface area contributed by atoms with Gasteiger partial charge in [-0.25, -0.2) is 19.2 Å². The zero-order chi connectivity index (χ0) is 31.1. The van der Waals surface area contributed by atoms with Crippen LogP contribution in [-0.4, -0.2) is 102 Å². The van der Waals surface area contributed by atoms with E-state index in [2.05, 4.69) is 70.1 Å². The number of rotatable bonds is 9. The first-order chi connectivity index (χ1) is 20.5. The van der Waals surface area contributed by atoms with Crippen molar-refractivity contribution in [1.29, 1.82) is 0 Å². The lowest BCUT2D eigenvalue weighted by atomic mass is 9.94. The highest BCUT2D eigenvalue weighted by atomic mass is 32.2. The van der Waals surface area contributed by atoms with Crippen molar-refractivity contribution in [1.82, 2.24) is 30.4 Å². The van der Waals surface area contributed by atoms with Gasteiger partial charge in [0.1, 0.15) is 22.9 Å². The molecule has 2 fully saturated rings. The van der Waals surface area contributed by atoms with Crippen molar-refractivity contribution in [3.05, 3.63) is 47.1 Å². The maximum absolute atomic E-state index is 14.0. The van der Waals surface area contributed by atoms with Crippen LogP contribution < -0.4 is 16.6 Å². The Morgan fingerprint density at radius 1 is 1.26 bits per heavy atom. The largest absolute Gasteiger partial charge is 0.495 e. The van der Waals surface area contributed by atoms with Gasteiger partial charge in [0.2, 0.25) is 0 Å². The predicted molar refractivity (Wildman–Crippen MR) is 166 cm³/mol. The van der Waals surface area contributed by atoms with Crippen molar-refractivity contribution in [2.24, 2.45) is 11.8 Å². The number of allylic oxidation sites excluding steroid dienone is 1. The third-order valence-corrected chi connectivity index (χ3v) is 8.63. The second-order valence-corrected chi connectivity index (χ2v) is 12.5. The van der Waals surface area contributed by atoms with E-state index >= 15 is 0 Å². The molecule has 0 radical (unpaired) electrons. The van der Waals surface area contributed by atoms with Crippen LogP contribution in [0.15, 0.2) is 30.3 Å². The number of hydrogen-bond acceptors (Lipinski definition) is 9. The van der Waals surface area contributed by atoms with E-state index in [1.165, 1.54) is 42.2 Å². The molecule has 0 bridgehead atoms. The zero-order valence-electron chi connectivity index (χ0n) is 25.4. The van der Waals surface area contributed by atoms with E-state index in [1.807, 2.05) is 0 Å². The molecule has 1 aromatic rings. The maximum atomic E-state index is 14.0. The molecule has 3 heterocycles. The van der Waals surface area contributed by atoms with E-state index in [-0.39, 0.29) is 16.8 Å². The van der Waals surface area contributed by atoms with Gasteiger partial charge in [0, 0.05) is 62.7 Å². The van der Waals surface area contributed by atoms with Crippen LogP contribution in [0.25, 0.3) is 5.57 Å². The smallest absolute Gasteiger partial charge is 0.262 e. The van der Waals surface area contributed by atoms with E-state index in [0.29, 0.717) is 28.5 Å². The normalized spacial score (nSPS) is 20.3. The number of methoxy groups -OCH3 is 1. The second kappa shape index (κ2) is 14.6. The summed E-state index contributed by atoms with van der Waals surface area (Å²) in [5, 5.41) is 2.53. The number of carbonyl (C=O) groups is 1. The van der Waals surface area contributed by atoms with E-state index in [0.717, 1.165) is 39.0 Å². The van der Waals surface area contributed by atoms with Gasteiger partial charge < -0.3 is 19.9 Å². The topological polar surface area (TPSA) is 99.0 Å². The number of alkyl halides is 2. The molecule has 1 saturated carbocycles. The highest BCUT2D eigenvalue weighted by Gasteiger charge is 2.31. The van der Waals surface area contributed by atoms with Gasteiger partial charge in [0.05, 0.1) is 24.1 Å². The molecular weight excluding hydrogens is 572 g/mol. The lowest BCUT2D eigenvalue weighted by Gasteiger charge is -2.40. The van der Waals surface area contributed by atoms with Crippen LogP contribution in [-0.2, 0) is 4.74 Å². The van der Waals surface area contributed by atoms with Crippen molar-refractivity contribution >= 4 is 23.2 Å². The Kier molecular flexibility index (Phi) is 11.1. The summed E-state index contributed by atoms with van der Waals surface area (Å²) in [5.41, 5.74) is 3.68. The van der Waals surface area contributed by atoms with Gasteiger partial charge in [-0.15, -0.1) is 11.8 Å². The molecule has 232 valence electrons. The van der Waals surface area contributed by atoms with Gasteiger partial charge in [0.15, 0.2) is 0 Å². The van der Waals surface area contributed by atoms with Gasteiger partial charge in [-0.1, -0.05) is 17.8 Å². The molecule has 4 N–H and O–H groups in total. The van der Waals surface area contributed by atoms with Gasteiger partial charge >= 0.3 is 0 Å². The number of amides is 1. The number of likely N-dealkylation sites (N-methyl/N-ethyl adjacent to an activating group) is 2. The van der Waals surface area contributed by atoms with Gasteiger partial charge in [-0.05, 0) is 51.8 Å². The lowest BCUT2D eigenvalue weighted by Crippen LogP contribution is -2.53. The molecule has 1 saturated heterocycles. The number of carbonyl (C=O) groups excluding carboxylic acids is 1. The molecule has 2 unspecified atom stereocenters. The quantitative estimate of drug-likeness (QED) is 0.168. The highest BCUT2D eigenvalue weighted by Crippen LogP contribution is 2.33. The molecule has 1 aromatic heterocycles. The minimum Gasteiger partial charge on any atom is -0.495 e. The van der Waals surface area contributed by atoms with E-state index in [9.17, 15) is 13.6 Å². The Hall–Kier alpha value is -3.13. The number of nitrogens with zero attached hydrogens (tertiary/aromatic N) is 4. The number of piperazine rings is 1. The van der Waals surface area contributed by atoms with E-state index < -0.39 is 23.9 Å². The van der Waals surface area contributed by atoms with Crippen LogP contribution in [0.1, 0.15) is 48.3 Å². The second-order valence-electron chi connectivity index (χ2n) is 11.4. The molecule has 3 aliphatic rings. The monoisotopic (exact) mass is 613 g/mol. The Labute approximate surface area is 257 Å². The molecule has 43 heavy (non-hydrogen) atoms. The number of hydrazine groups is 1. The van der Waals surface area contributed by atoms with Gasteiger partial charge in [-0.3, -0.25) is 15.5 Å². The highest BCUT2D eigenvalue weighted by molar-refractivity contribution is 8.00. The first kappa shape index (κ1) is 32.8. The fraction of sp³-hybridized carbons (Fsp3) is 0.548. The molecule has 2 atom stereocenters. The molecule has 1 amide bonds. The van der Waals surface area contributed by atoms with Crippen LogP contribution in [0.3, 0.4) is 0 Å². The molecule has 0 spiro atoms. The Morgan fingerprint density at radius 3 is 2.60 bits per heavy atom. The third-order valence-electron chi connectivity index (χ3n) is 7.73. The van der Waals surface area contributed by atoms with Gasteiger partial charge in [0.25, 0.3) is 12.3 Å². The fourth-order valence-corrected chi connectivity index (χ4v) is 5.40. The Balaban J connectivity index is 1.63. The Bertz CT molecular complexity index is 1350. The molecule has 0 aromatic carbocycles. The summed E-state index contributed by atoms with van der Waals surface area (Å²) < 4.78 is 33.5. The number of ether oxygens (including phenoxy) is 1. The molecule has 9 nitrogen and oxygen atoms in total. The summed E-state index contributed by atoms with van der Waals surface area (Å²) in [7, 11) is 5.13. The van der Waals surface area contributed by atoms with Crippen LogP contribution in [0.4, 0.5) is 8.78 Å². The minimum absolute atomic E-state index is 0.220. The third kappa shape index (κ3) is 8.71. The number of thioether (sulfide) groups is 1. The molecule has 12 heteroatoms. The van der Waals surface area contributed by atoms with Crippen LogP contribution in [0, 0.1) is 29.6 Å². The van der Waals surface area contributed by atoms with Crippen molar-refractivity contribution in [3.63, 3.8) is 0 Å². The average Bonchev–Trinajstić information content (AvgIpc) is 3.82. The summed E-state index contributed by atoms with van der Waals surface area (Å²) in [6.45, 7) is 7.87. The van der Waals surface area contributed by atoms with Crippen LogP contribution in [0.5, 0.6) is 0 Å². The summed E-state index contributed by atoms with van der Waals surface area (Å²) in [4.78, 5) is 23.9. The number of nitrogens with two attached hydrogens (primary N) is 1. The Morgan fingerprint density at radius 2 is 1.98 bits per heavy atom. The SMILES string of the molecule is COC1=CN(C)C(C(F)F)C=C1c1cc(C#CC(C)(C)N2CCN(C)CC2)ncc1C(=O)NCSC(C#CC1CC1)NN. The lowest BCUT2D eigenvalue weighted by molar-refractivity contribution is 0.0780. The number of nitrogens with one attached hydrogen (secondary N) is 2. The van der Waals surface area contributed by atoms with Crippen molar-refractivity contribution in [2.45, 2.75) is 50.1 Å². The standard InChI is InChI=1S/C31H41F2N7O2S/c1-31(2,40-14-12-38(3)13-15-40)11-10-22-16-23(24-17-26(29(32)33)39(4)19-27(24)42-5)25(18-35-22)30(41)36-20-43-28(37-34)9-8-21-6-7-21/h16-19,21,26,28-29,37H,6-7,12-15,20,34H2,1-5H3,(H,36,41). The minimum atomic E-state index is -2.65. The van der Waals surface area contributed by atoms with E-state index in [1.54, 1.807) is 13.1 Å². The fourth-order valence-electron chi connectivity index (χ4n) is 4.77. The summed E-state index contributed by atoms with van der Waals surface area (Å²) in [5.74, 6) is 19.0. The maximum Gasteiger partial charge on any atom is 0.262 e. The number of hydrogen-bond donors (Lipinski definition) is 3. The van der Waals surface area contributed by atoms with Crippen LogP contribution in [0.2, 0.25) is 0 Å². The summed E-state index contributed by atoms with van der Waals surface area (Å²) in [6, 6.07) is 0.480. The summed E-state index contributed by atoms with van der Waals surface area (Å²) >= 11 is 1.34. The molecule has 2 aliphatic heterocycles. The van der Waals surface area contributed by atoms with Crippen molar-refractivity contribution in [2.75, 3.05) is 53.3 Å². The first-order valence-corrected chi connectivity index (χ1v) is 15.4. The number of halogens is 2.